The van der Waals surface area contributed by atoms with Crippen molar-refractivity contribution >= 4 is 11.4 Å². The highest BCUT2D eigenvalue weighted by Gasteiger charge is 2.05. The highest BCUT2D eigenvalue weighted by molar-refractivity contribution is 5.48. The Bertz CT molecular complexity index is 322. The summed E-state index contributed by atoms with van der Waals surface area (Å²) in [5, 5.41) is 13.7. The predicted octanol–water partition coefficient (Wildman–Crippen LogP) is 3.20. The third kappa shape index (κ3) is 3.58. The van der Waals surface area contributed by atoms with Gasteiger partial charge in [0.2, 0.25) is 0 Å². The summed E-state index contributed by atoms with van der Waals surface area (Å²) in [6.45, 7) is 4.24. The SMILES string of the molecule is CCCC(C)Nc1ccc([N+](=O)[O-])cc1. The second-order valence-electron chi connectivity index (χ2n) is 3.64. The highest BCUT2D eigenvalue weighted by atomic mass is 16.6. The zero-order valence-corrected chi connectivity index (χ0v) is 9.06. The molecule has 0 aliphatic heterocycles. The van der Waals surface area contributed by atoms with Crippen LogP contribution < -0.4 is 5.32 Å². The van der Waals surface area contributed by atoms with Gasteiger partial charge in [-0.15, -0.1) is 0 Å². The van der Waals surface area contributed by atoms with E-state index in [1.54, 1.807) is 12.1 Å². The minimum atomic E-state index is -0.390. The minimum Gasteiger partial charge on any atom is -0.383 e. The first-order valence-electron chi connectivity index (χ1n) is 5.14. The van der Waals surface area contributed by atoms with Gasteiger partial charge in [0.1, 0.15) is 0 Å². The molecule has 0 radical (unpaired) electrons. The molecule has 1 rings (SSSR count). The standard InChI is InChI=1S/C11H16N2O2/c1-3-4-9(2)12-10-5-7-11(8-6-10)13(14)15/h5-9,12H,3-4H2,1-2H3. The minimum absolute atomic E-state index is 0.128. The first-order valence-corrected chi connectivity index (χ1v) is 5.14. The number of nitro groups is 1. The lowest BCUT2D eigenvalue weighted by Gasteiger charge is -2.13. The Hall–Kier alpha value is -1.58. The molecule has 1 atom stereocenters. The van der Waals surface area contributed by atoms with Crippen LogP contribution in [0.2, 0.25) is 0 Å². The summed E-state index contributed by atoms with van der Waals surface area (Å²) in [6.07, 6.45) is 2.22. The lowest BCUT2D eigenvalue weighted by molar-refractivity contribution is -0.384. The molecule has 1 aromatic carbocycles. The monoisotopic (exact) mass is 208 g/mol. The fraction of sp³-hybridized carbons (Fsp3) is 0.455. The van der Waals surface area contributed by atoms with Crippen molar-refractivity contribution in [3.63, 3.8) is 0 Å². The Morgan fingerprint density at radius 1 is 1.40 bits per heavy atom. The van der Waals surface area contributed by atoms with Crippen molar-refractivity contribution in [1.29, 1.82) is 0 Å². The van der Waals surface area contributed by atoms with E-state index in [0.717, 1.165) is 18.5 Å². The average Bonchev–Trinajstić information content (AvgIpc) is 2.18. The molecule has 0 aliphatic rings. The zero-order valence-electron chi connectivity index (χ0n) is 9.06. The Balaban J connectivity index is 2.60. The Labute approximate surface area is 89.5 Å². The van der Waals surface area contributed by atoms with E-state index in [4.69, 9.17) is 0 Å². The van der Waals surface area contributed by atoms with Gasteiger partial charge < -0.3 is 5.32 Å². The molecule has 1 N–H and O–H groups in total. The van der Waals surface area contributed by atoms with E-state index >= 15 is 0 Å². The van der Waals surface area contributed by atoms with Crippen molar-refractivity contribution < 1.29 is 4.92 Å². The number of hydrogen-bond acceptors (Lipinski definition) is 3. The van der Waals surface area contributed by atoms with Crippen molar-refractivity contribution in [2.75, 3.05) is 5.32 Å². The summed E-state index contributed by atoms with van der Waals surface area (Å²) in [5.41, 5.74) is 1.06. The summed E-state index contributed by atoms with van der Waals surface area (Å²) in [5.74, 6) is 0. The van der Waals surface area contributed by atoms with Gasteiger partial charge in [0.15, 0.2) is 0 Å². The van der Waals surface area contributed by atoms with Crippen molar-refractivity contribution in [1.82, 2.24) is 0 Å². The van der Waals surface area contributed by atoms with Crippen molar-refractivity contribution in [2.24, 2.45) is 0 Å². The first kappa shape index (κ1) is 11.5. The number of rotatable bonds is 5. The van der Waals surface area contributed by atoms with E-state index in [1.165, 1.54) is 12.1 Å². The second kappa shape index (κ2) is 5.34. The zero-order chi connectivity index (χ0) is 11.3. The third-order valence-electron chi connectivity index (χ3n) is 2.21. The van der Waals surface area contributed by atoms with E-state index in [9.17, 15) is 10.1 Å². The second-order valence-corrected chi connectivity index (χ2v) is 3.64. The summed E-state index contributed by atoms with van der Waals surface area (Å²) in [4.78, 5) is 10.0. The van der Waals surface area contributed by atoms with Gasteiger partial charge in [0, 0.05) is 23.9 Å². The molecule has 0 aromatic heterocycles. The molecule has 1 unspecified atom stereocenters. The van der Waals surface area contributed by atoms with Crippen LogP contribution in [0.4, 0.5) is 11.4 Å². The van der Waals surface area contributed by atoms with Crippen LogP contribution in [-0.2, 0) is 0 Å². The van der Waals surface area contributed by atoms with Crippen LogP contribution in [0.15, 0.2) is 24.3 Å². The molecule has 0 fully saturated rings. The fourth-order valence-corrected chi connectivity index (χ4v) is 1.47. The molecule has 0 aliphatic carbocycles. The Morgan fingerprint density at radius 3 is 2.47 bits per heavy atom. The number of benzene rings is 1. The van der Waals surface area contributed by atoms with Gasteiger partial charge in [-0.05, 0) is 25.5 Å². The molecule has 0 bridgehead atoms. The maximum atomic E-state index is 10.4. The lowest BCUT2D eigenvalue weighted by atomic mass is 10.2. The number of anilines is 1. The van der Waals surface area contributed by atoms with E-state index in [0.29, 0.717) is 6.04 Å². The Morgan fingerprint density at radius 2 is 2.00 bits per heavy atom. The van der Waals surface area contributed by atoms with Crippen LogP contribution in [0.3, 0.4) is 0 Å². The normalized spacial score (nSPS) is 12.1. The maximum Gasteiger partial charge on any atom is 0.269 e. The number of nitrogens with one attached hydrogen (secondary N) is 1. The summed E-state index contributed by atoms with van der Waals surface area (Å²) in [6, 6.07) is 6.91. The predicted molar refractivity (Wildman–Crippen MR) is 61.1 cm³/mol. The molecule has 15 heavy (non-hydrogen) atoms. The van der Waals surface area contributed by atoms with E-state index in [1.807, 2.05) is 0 Å². The number of hydrogen-bond donors (Lipinski definition) is 1. The van der Waals surface area contributed by atoms with Gasteiger partial charge in [-0.2, -0.15) is 0 Å². The number of nitro benzene ring substituents is 1. The van der Waals surface area contributed by atoms with Crippen molar-refractivity contribution in [3.05, 3.63) is 34.4 Å². The van der Waals surface area contributed by atoms with Crippen molar-refractivity contribution in [2.45, 2.75) is 32.7 Å². The molecular formula is C11H16N2O2. The van der Waals surface area contributed by atoms with E-state index < -0.39 is 0 Å². The topological polar surface area (TPSA) is 55.2 Å². The summed E-state index contributed by atoms with van der Waals surface area (Å²) >= 11 is 0. The van der Waals surface area contributed by atoms with Gasteiger partial charge >= 0.3 is 0 Å². The lowest BCUT2D eigenvalue weighted by Crippen LogP contribution is -2.14. The van der Waals surface area contributed by atoms with E-state index in [-0.39, 0.29) is 10.6 Å². The summed E-state index contributed by atoms with van der Waals surface area (Å²) < 4.78 is 0. The molecule has 0 saturated carbocycles. The first-order chi connectivity index (χ1) is 7.13. The van der Waals surface area contributed by atoms with Gasteiger partial charge in [-0.3, -0.25) is 10.1 Å². The molecule has 4 heteroatoms. The number of non-ortho nitro benzene ring substituents is 1. The van der Waals surface area contributed by atoms with Crippen LogP contribution in [-0.4, -0.2) is 11.0 Å². The van der Waals surface area contributed by atoms with Gasteiger partial charge in [0.05, 0.1) is 4.92 Å². The number of nitrogens with zero attached hydrogens (tertiary/aromatic N) is 1. The molecule has 0 heterocycles. The van der Waals surface area contributed by atoms with Gasteiger partial charge in [-0.1, -0.05) is 13.3 Å². The van der Waals surface area contributed by atoms with Gasteiger partial charge in [0.25, 0.3) is 5.69 Å². The van der Waals surface area contributed by atoms with Crippen LogP contribution in [0.1, 0.15) is 26.7 Å². The maximum absolute atomic E-state index is 10.4. The van der Waals surface area contributed by atoms with E-state index in [2.05, 4.69) is 19.2 Å². The third-order valence-corrected chi connectivity index (χ3v) is 2.21. The average molecular weight is 208 g/mol. The molecule has 1 aromatic rings. The molecular weight excluding hydrogens is 192 g/mol. The molecule has 82 valence electrons. The fourth-order valence-electron chi connectivity index (χ4n) is 1.47. The smallest absolute Gasteiger partial charge is 0.269 e. The van der Waals surface area contributed by atoms with Crippen LogP contribution >= 0.6 is 0 Å². The summed E-state index contributed by atoms with van der Waals surface area (Å²) in [7, 11) is 0. The highest BCUT2D eigenvalue weighted by Crippen LogP contribution is 2.16. The van der Waals surface area contributed by atoms with Gasteiger partial charge in [-0.25, -0.2) is 0 Å². The molecule has 0 saturated heterocycles. The Kier molecular flexibility index (Phi) is 4.09. The van der Waals surface area contributed by atoms with Crippen LogP contribution in [0, 0.1) is 10.1 Å². The largest absolute Gasteiger partial charge is 0.383 e. The molecule has 4 nitrogen and oxygen atoms in total. The molecule has 0 amide bonds. The van der Waals surface area contributed by atoms with Crippen molar-refractivity contribution in [3.8, 4) is 0 Å². The van der Waals surface area contributed by atoms with Crippen LogP contribution in [0.25, 0.3) is 0 Å². The molecule has 0 spiro atoms. The van der Waals surface area contributed by atoms with Crippen LogP contribution in [0.5, 0.6) is 0 Å². The quantitative estimate of drug-likeness (QED) is 0.597.